The Kier molecular flexibility index (Phi) is 6.34. The summed E-state index contributed by atoms with van der Waals surface area (Å²) in [5, 5.41) is 9.65. The lowest BCUT2D eigenvalue weighted by molar-refractivity contribution is -0.142. The van der Waals surface area contributed by atoms with Gasteiger partial charge in [-0.1, -0.05) is 20.8 Å². The summed E-state index contributed by atoms with van der Waals surface area (Å²) in [5.74, 6) is -0.242. The molecule has 1 aliphatic heterocycles. The van der Waals surface area contributed by atoms with Crippen LogP contribution in [-0.2, 0) is 15.7 Å². The summed E-state index contributed by atoms with van der Waals surface area (Å²) in [4.78, 5) is 30.2. The number of carbonyl (C=O) groups excluding carboxylic acids is 1. The molecule has 1 aromatic rings. The number of halogens is 3. The second-order valence-electron chi connectivity index (χ2n) is 8.21. The van der Waals surface area contributed by atoms with Crippen molar-refractivity contribution in [1.29, 1.82) is 0 Å². The third-order valence-electron chi connectivity index (χ3n) is 4.97. The van der Waals surface area contributed by atoms with Crippen LogP contribution in [0.2, 0.25) is 0 Å². The fourth-order valence-corrected chi connectivity index (χ4v) is 3.82. The number of esters is 1. The van der Waals surface area contributed by atoms with Crippen LogP contribution in [0, 0.1) is 12.3 Å². The first-order chi connectivity index (χ1) is 13.2. The van der Waals surface area contributed by atoms with Gasteiger partial charge in [0.2, 0.25) is 0 Å². The van der Waals surface area contributed by atoms with Crippen molar-refractivity contribution in [2.75, 3.05) is 24.6 Å². The van der Waals surface area contributed by atoms with Crippen LogP contribution in [0.25, 0.3) is 0 Å². The highest BCUT2D eigenvalue weighted by atomic mass is 19.4. The van der Waals surface area contributed by atoms with Gasteiger partial charge in [0.25, 0.3) is 0 Å². The number of nitrogens with zero attached hydrogens (tertiary/aromatic N) is 3. The Morgan fingerprint density at radius 1 is 1.28 bits per heavy atom. The minimum Gasteiger partial charge on any atom is -0.465 e. The number of pyridine rings is 1. The number of amides is 1. The summed E-state index contributed by atoms with van der Waals surface area (Å²) in [6, 6.07) is 0.157. The monoisotopic (exact) mass is 417 g/mol. The predicted octanol–water partition coefficient (Wildman–Crippen LogP) is 3.56. The fraction of sp³-hybridized carbons (Fsp3) is 0.632. The first-order valence-electron chi connectivity index (χ1n) is 9.17. The van der Waals surface area contributed by atoms with E-state index < -0.39 is 41.3 Å². The number of anilines is 1. The lowest BCUT2D eigenvalue weighted by Crippen LogP contribution is -2.66. The quantitative estimate of drug-likeness (QED) is 0.758. The van der Waals surface area contributed by atoms with Crippen molar-refractivity contribution < 1.29 is 32.6 Å². The van der Waals surface area contributed by atoms with Gasteiger partial charge in [-0.05, 0) is 24.0 Å². The maximum Gasteiger partial charge on any atom is 0.418 e. The standard InChI is InChI=1S/C19H26F3N3O4/c1-11-8-15(23-9-13(11)19(20,21)22)24-6-7-25(17(27)28)16(18(3,4)5)14(24)10-29-12(2)26/h8-9,14,16H,6-7,10H2,1-5H3,(H,27,28)/t14?,16-/m0/s1. The number of carboxylic acid groups (broad SMARTS) is 1. The summed E-state index contributed by atoms with van der Waals surface area (Å²) in [6.45, 7) is 8.44. The van der Waals surface area contributed by atoms with Crippen molar-refractivity contribution >= 4 is 17.9 Å². The molecular weight excluding hydrogens is 391 g/mol. The second-order valence-corrected chi connectivity index (χ2v) is 8.21. The highest BCUT2D eigenvalue weighted by molar-refractivity contribution is 5.67. The Morgan fingerprint density at radius 2 is 1.90 bits per heavy atom. The Labute approximate surface area is 167 Å². The summed E-state index contributed by atoms with van der Waals surface area (Å²) < 4.78 is 44.4. The first-order valence-corrected chi connectivity index (χ1v) is 9.17. The van der Waals surface area contributed by atoms with Crippen LogP contribution in [0.3, 0.4) is 0 Å². The number of ether oxygens (including phenoxy) is 1. The molecule has 162 valence electrons. The van der Waals surface area contributed by atoms with Gasteiger partial charge in [-0.25, -0.2) is 9.78 Å². The molecule has 1 saturated heterocycles. The van der Waals surface area contributed by atoms with E-state index in [2.05, 4.69) is 4.98 Å². The van der Waals surface area contributed by atoms with Crippen LogP contribution in [0.1, 0.15) is 38.8 Å². The fourth-order valence-electron chi connectivity index (χ4n) is 3.82. The van der Waals surface area contributed by atoms with Crippen molar-refractivity contribution in [1.82, 2.24) is 9.88 Å². The van der Waals surface area contributed by atoms with E-state index in [0.717, 1.165) is 6.20 Å². The molecule has 2 rings (SSSR count). The summed E-state index contributed by atoms with van der Waals surface area (Å²) >= 11 is 0. The van der Waals surface area contributed by atoms with Gasteiger partial charge < -0.3 is 19.6 Å². The molecule has 0 aliphatic carbocycles. The molecule has 1 fully saturated rings. The average Bonchev–Trinajstić information content (AvgIpc) is 2.56. The van der Waals surface area contributed by atoms with Gasteiger partial charge in [-0.15, -0.1) is 0 Å². The molecule has 0 spiro atoms. The van der Waals surface area contributed by atoms with E-state index in [1.807, 2.05) is 20.8 Å². The molecular formula is C19H26F3N3O4. The van der Waals surface area contributed by atoms with E-state index in [9.17, 15) is 27.9 Å². The topological polar surface area (TPSA) is 83.0 Å². The molecule has 7 nitrogen and oxygen atoms in total. The molecule has 0 bridgehead atoms. The molecule has 1 aliphatic rings. The maximum absolute atomic E-state index is 13.1. The van der Waals surface area contributed by atoms with Crippen LogP contribution in [-0.4, -0.2) is 58.8 Å². The van der Waals surface area contributed by atoms with Crippen molar-refractivity contribution in [3.05, 3.63) is 23.4 Å². The summed E-state index contributed by atoms with van der Waals surface area (Å²) in [7, 11) is 0. The molecule has 1 N–H and O–H groups in total. The summed E-state index contributed by atoms with van der Waals surface area (Å²) in [5.41, 5.74) is -1.33. The highest BCUT2D eigenvalue weighted by Crippen LogP contribution is 2.36. The van der Waals surface area contributed by atoms with Gasteiger partial charge in [0.1, 0.15) is 12.4 Å². The lowest BCUT2D eigenvalue weighted by Gasteiger charge is -2.51. The maximum atomic E-state index is 13.1. The van der Waals surface area contributed by atoms with Crippen LogP contribution < -0.4 is 4.90 Å². The zero-order valence-electron chi connectivity index (χ0n) is 17.1. The van der Waals surface area contributed by atoms with Crippen molar-refractivity contribution in [2.24, 2.45) is 5.41 Å². The average molecular weight is 417 g/mol. The van der Waals surface area contributed by atoms with Gasteiger partial charge >= 0.3 is 18.2 Å². The van der Waals surface area contributed by atoms with Crippen LogP contribution >= 0.6 is 0 Å². The Balaban J connectivity index is 2.50. The number of piperazine rings is 1. The second kappa shape index (κ2) is 8.08. The number of rotatable bonds is 3. The number of aryl methyl sites for hydroxylation is 1. The molecule has 10 heteroatoms. The predicted molar refractivity (Wildman–Crippen MR) is 99.7 cm³/mol. The number of alkyl halides is 3. The molecule has 2 atom stereocenters. The molecule has 0 aromatic carbocycles. The van der Waals surface area contributed by atoms with Crippen LogP contribution in [0.15, 0.2) is 12.3 Å². The molecule has 2 heterocycles. The lowest BCUT2D eigenvalue weighted by atomic mass is 9.79. The number of aromatic nitrogens is 1. The molecule has 1 aromatic heterocycles. The number of carbonyl (C=O) groups is 2. The zero-order valence-corrected chi connectivity index (χ0v) is 17.1. The van der Waals surface area contributed by atoms with E-state index in [1.165, 1.54) is 24.8 Å². The van der Waals surface area contributed by atoms with Crippen LogP contribution in [0.5, 0.6) is 0 Å². The molecule has 0 radical (unpaired) electrons. The third kappa shape index (κ3) is 5.10. The van der Waals surface area contributed by atoms with E-state index in [4.69, 9.17) is 4.74 Å². The van der Waals surface area contributed by atoms with Gasteiger partial charge in [0.15, 0.2) is 0 Å². The molecule has 0 saturated carbocycles. The van der Waals surface area contributed by atoms with Crippen molar-refractivity contribution in [3.63, 3.8) is 0 Å². The molecule has 1 amide bonds. The van der Waals surface area contributed by atoms with Gasteiger partial charge in [0.05, 0.1) is 17.6 Å². The zero-order chi connectivity index (χ0) is 22.1. The van der Waals surface area contributed by atoms with Crippen molar-refractivity contribution in [2.45, 2.75) is 52.9 Å². The van der Waals surface area contributed by atoms with Gasteiger partial charge in [-0.3, -0.25) is 4.79 Å². The number of hydrogen-bond acceptors (Lipinski definition) is 5. The Morgan fingerprint density at radius 3 is 2.34 bits per heavy atom. The Hall–Kier alpha value is -2.52. The third-order valence-corrected chi connectivity index (χ3v) is 4.97. The smallest absolute Gasteiger partial charge is 0.418 e. The molecule has 29 heavy (non-hydrogen) atoms. The van der Waals surface area contributed by atoms with Gasteiger partial charge in [-0.2, -0.15) is 13.2 Å². The number of hydrogen-bond donors (Lipinski definition) is 1. The van der Waals surface area contributed by atoms with Gasteiger partial charge in [0, 0.05) is 26.2 Å². The van der Waals surface area contributed by atoms with E-state index >= 15 is 0 Å². The van der Waals surface area contributed by atoms with Crippen molar-refractivity contribution in [3.8, 4) is 0 Å². The van der Waals surface area contributed by atoms with E-state index in [1.54, 1.807) is 4.90 Å². The van der Waals surface area contributed by atoms with E-state index in [-0.39, 0.29) is 31.1 Å². The highest BCUT2D eigenvalue weighted by Gasteiger charge is 2.46. The SMILES string of the molecule is CC(=O)OCC1[C@@H](C(C)(C)C)N(C(=O)O)CCN1c1cc(C)c(C(F)(F)F)cn1. The summed E-state index contributed by atoms with van der Waals surface area (Å²) in [6.07, 6.45) is -4.83. The largest absolute Gasteiger partial charge is 0.465 e. The first kappa shape index (κ1) is 22.8. The normalized spacial score (nSPS) is 20.6. The van der Waals surface area contributed by atoms with E-state index in [0.29, 0.717) is 0 Å². The Bertz CT molecular complexity index is 777. The molecule has 1 unspecified atom stereocenters. The van der Waals surface area contributed by atoms with Crippen LogP contribution in [0.4, 0.5) is 23.8 Å². The minimum absolute atomic E-state index is 0.0155. The minimum atomic E-state index is -4.51.